The first-order valence-corrected chi connectivity index (χ1v) is 9.54. The zero-order valence-corrected chi connectivity index (χ0v) is 17.5. The zero-order valence-electron chi connectivity index (χ0n) is 17.5. The van der Waals surface area contributed by atoms with Crippen molar-refractivity contribution >= 4 is 5.91 Å². The Bertz CT molecular complexity index is 985. The number of likely N-dealkylation sites (N-methyl/N-ethyl adjacent to an activating group) is 1. The summed E-state index contributed by atoms with van der Waals surface area (Å²) in [5.41, 5.74) is 1.93. The highest BCUT2D eigenvalue weighted by Crippen LogP contribution is 2.31. The molecular formula is C22H25N3O5. The fourth-order valence-corrected chi connectivity index (χ4v) is 2.78. The highest BCUT2D eigenvalue weighted by Gasteiger charge is 2.16. The van der Waals surface area contributed by atoms with Gasteiger partial charge in [0.2, 0.25) is 11.7 Å². The summed E-state index contributed by atoms with van der Waals surface area (Å²) in [6, 6.07) is 13.0. The number of amides is 1. The van der Waals surface area contributed by atoms with Gasteiger partial charge >= 0.3 is 0 Å². The molecule has 0 N–H and O–H groups in total. The minimum atomic E-state index is -0.194. The summed E-state index contributed by atoms with van der Waals surface area (Å²) < 4.78 is 21.4. The van der Waals surface area contributed by atoms with E-state index in [1.807, 2.05) is 30.3 Å². The smallest absolute Gasteiger partial charge is 0.260 e. The quantitative estimate of drug-likeness (QED) is 0.534. The van der Waals surface area contributed by atoms with E-state index >= 15 is 0 Å². The molecule has 0 atom stereocenters. The molecule has 0 fully saturated rings. The van der Waals surface area contributed by atoms with Gasteiger partial charge in [-0.1, -0.05) is 24.2 Å². The van der Waals surface area contributed by atoms with Crippen molar-refractivity contribution in [2.45, 2.75) is 19.9 Å². The van der Waals surface area contributed by atoms with Gasteiger partial charge < -0.3 is 23.6 Å². The summed E-state index contributed by atoms with van der Waals surface area (Å²) >= 11 is 0. The van der Waals surface area contributed by atoms with Crippen LogP contribution in [0.5, 0.6) is 17.2 Å². The van der Waals surface area contributed by atoms with E-state index in [1.54, 1.807) is 33.4 Å². The lowest BCUT2D eigenvalue weighted by molar-refractivity contribution is -0.132. The molecule has 30 heavy (non-hydrogen) atoms. The predicted molar refractivity (Wildman–Crippen MR) is 111 cm³/mol. The lowest BCUT2D eigenvalue weighted by Gasteiger charge is -2.15. The molecule has 0 aliphatic heterocycles. The summed E-state index contributed by atoms with van der Waals surface area (Å²) in [5, 5.41) is 3.99. The van der Waals surface area contributed by atoms with Crippen LogP contribution in [0, 0.1) is 0 Å². The maximum atomic E-state index is 12.4. The van der Waals surface area contributed by atoms with Crippen LogP contribution < -0.4 is 14.2 Å². The normalized spacial score (nSPS) is 10.5. The van der Waals surface area contributed by atoms with Crippen LogP contribution in [0.3, 0.4) is 0 Å². The van der Waals surface area contributed by atoms with E-state index in [-0.39, 0.29) is 19.1 Å². The molecule has 3 aromatic rings. The van der Waals surface area contributed by atoms with Crippen LogP contribution in [-0.4, -0.2) is 48.8 Å². The highest BCUT2D eigenvalue weighted by atomic mass is 16.5. The monoisotopic (exact) mass is 411 g/mol. The van der Waals surface area contributed by atoms with Gasteiger partial charge in [-0.15, -0.1) is 0 Å². The molecular weight excluding hydrogens is 386 g/mol. The van der Waals surface area contributed by atoms with Gasteiger partial charge in [0, 0.05) is 12.6 Å². The van der Waals surface area contributed by atoms with E-state index < -0.39 is 0 Å². The molecule has 8 heteroatoms. The van der Waals surface area contributed by atoms with Crippen LogP contribution in [0.25, 0.3) is 11.4 Å². The number of carbonyl (C=O) groups excluding carboxylic acids is 1. The first-order valence-electron chi connectivity index (χ1n) is 9.54. The van der Waals surface area contributed by atoms with Gasteiger partial charge in [-0.3, -0.25) is 4.79 Å². The molecule has 0 unspecified atom stereocenters. The van der Waals surface area contributed by atoms with Crippen LogP contribution in [0.1, 0.15) is 18.4 Å². The van der Waals surface area contributed by atoms with E-state index in [2.05, 4.69) is 17.1 Å². The Morgan fingerprint density at radius 1 is 1.07 bits per heavy atom. The Morgan fingerprint density at radius 2 is 1.80 bits per heavy atom. The SMILES string of the molecule is CCc1ccc(OCC(=O)N(C)Cc2nc(-c3ccc(OC)c(OC)c3)no2)cc1. The van der Waals surface area contributed by atoms with Gasteiger partial charge in [0.1, 0.15) is 5.75 Å². The second-order valence-electron chi connectivity index (χ2n) is 6.62. The van der Waals surface area contributed by atoms with Crippen molar-refractivity contribution in [2.75, 3.05) is 27.9 Å². The number of hydrogen-bond donors (Lipinski definition) is 0. The van der Waals surface area contributed by atoms with Crippen molar-refractivity contribution in [3.8, 4) is 28.6 Å². The maximum absolute atomic E-state index is 12.4. The van der Waals surface area contributed by atoms with Crippen molar-refractivity contribution < 1.29 is 23.5 Å². The average Bonchev–Trinajstić information content (AvgIpc) is 3.25. The van der Waals surface area contributed by atoms with Crippen molar-refractivity contribution in [1.29, 1.82) is 0 Å². The van der Waals surface area contributed by atoms with E-state index in [0.29, 0.717) is 29.0 Å². The van der Waals surface area contributed by atoms with Gasteiger partial charge in [0.05, 0.1) is 20.8 Å². The molecule has 0 radical (unpaired) electrons. The standard InChI is InChI=1S/C22H25N3O5/c1-5-15-6-9-17(10-7-15)29-14-21(26)25(2)13-20-23-22(24-30-20)16-8-11-18(27-3)19(12-16)28-4/h6-12H,5,13-14H2,1-4H3. The molecule has 3 rings (SSSR count). The third-order valence-corrected chi connectivity index (χ3v) is 4.60. The molecule has 0 spiro atoms. The fraction of sp³-hybridized carbons (Fsp3) is 0.318. The number of methoxy groups -OCH3 is 2. The summed E-state index contributed by atoms with van der Waals surface area (Å²) in [6.07, 6.45) is 0.956. The summed E-state index contributed by atoms with van der Waals surface area (Å²) in [4.78, 5) is 18.2. The number of carbonyl (C=O) groups is 1. The van der Waals surface area contributed by atoms with Gasteiger partial charge in [-0.25, -0.2) is 0 Å². The third kappa shape index (κ3) is 5.08. The van der Waals surface area contributed by atoms with Crippen LogP contribution in [-0.2, 0) is 17.8 Å². The number of ether oxygens (including phenoxy) is 3. The Hall–Kier alpha value is -3.55. The molecule has 158 valence electrons. The minimum absolute atomic E-state index is 0.0708. The fourth-order valence-electron chi connectivity index (χ4n) is 2.78. The van der Waals surface area contributed by atoms with E-state index in [0.717, 1.165) is 12.0 Å². The lowest BCUT2D eigenvalue weighted by atomic mass is 10.2. The third-order valence-electron chi connectivity index (χ3n) is 4.60. The Kier molecular flexibility index (Phi) is 6.90. The van der Waals surface area contributed by atoms with E-state index in [1.165, 1.54) is 10.5 Å². The number of benzene rings is 2. The van der Waals surface area contributed by atoms with Crippen LogP contribution in [0.2, 0.25) is 0 Å². The number of aromatic nitrogens is 2. The predicted octanol–water partition coefficient (Wildman–Crippen LogP) is 3.35. The van der Waals surface area contributed by atoms with Crippen LogP contribution in [0.4, 0.5) is 0 Å². The van der Waals surface area contributed by atoms with E-state index in [9.17, 15) is 4.79 Å². The molecule has 2 aromatic carbocycles. The zero-order chi connectivity index (χ0) is 21.5. The molecule has 1 aromatic heterocycles. The Labute approximate surface area is 175 Å². The largest absolute Gasteiger partial charge is 0.493 e. The van der Waals surface area contributed by atoms with Crippen LogP contribution in [0.15, 0.2) is 47.0 Å². The molecule has 0 bridgehead atoms. The number of nitrogens with zero attached hydrogens (tertiary/aromatic N) is 3. The van der Waals surface area contributed by atoms with Crippen molar-refractivity contribution in [2.24, 2.45) is 0 Å². The van der Waals surface area contributed by atoms with Crippen molar-refractivity contribution in [3.05, 3.63) is 53.9 Å². The lowest BCUT2D eigenvalue weighted by Crippen LogP contribution is -2.31. The maximum Gasteiger partial charge on any atom is 0.260 e. The van der Waals surface area contributed by atoms with Gasteiger partial charge in [-0.05, 0) is 42.3 Å². The molecule has 0 aliphatic carbocycles. The summed E-state index contributed by atoms with van der Waals surface area (Å²) in [6.45, 7) is 2.19. The first kappa shape index (κ1) is 21.2. The van der Waals surface area contributed by atoms with Gasteiger partial charge in [0.15, 0.2) is 18.1 Å². The molecule has 0 aliphatic rings. The minimum Gasteiger partial charge on any atom is -0.493 e. The Morgan fingerprint density at radius 3 is 2.47 bits per heavy atom. The second kappa shape index (κ2) is 9.78. The van der Waals surface area contributed by atoms with Crippen molar-refractivity contribution in [1.82, 2.24) is 15.0 Å². The summed E-state index contributed by atoms with van der Waals surface area (Å²) in [5.74, 6) is 2.36. The number of rotatable bonds is 9. The second-order valence-corrected chi connectivity index (χ2v) is 6.62. The average molecular weight is 411 g/mol. The molecule has 1 heterocycles. The topological polar surface area (TPSA) is 86.9 Å². The Balaban J connectivity index is 1.58. The molecule has 0 saturated carbocycles. The van der Waals surface area contributed by atoms with E-state index in [4.69, 9.17) is 18.7 Å². The highest BCUT2D eigenvalue weighted by molar-refractivity contribution is 5.77. The number of aryl methyl sites for hydroxylation is 1. The summed E-state index contributed by atoms with van der Waals surface area (Å²) in [7, 11) is 4.79. The molecule has 8 nitrogen and oxygen atoms in total. The first-order chi connectivity index (χ1) is 14.5. The molecule has 0 saturated heterocycles. The van der Waals surface area contributed by atoms with Gasteiger partial charge in [-0.2, -0.15) is 4.98 Å². The van der Waals surface area contributed by atoms with Crippen molar-refractivity contribution in [3.63, 3.8) is 0 Å². The van der Waals surface area contributed by atoms with Gasteiger partial charge in [0.25, 0.3) is 5.91 Å². The molecule has 1 amide bonds. The van der Waals surface area contributed by atoms with Crippen LogP contribution >= 0.6 is 0 Å². The number of hydrogen-bond acceptors (Lipinski definition) is 7.